The van der Waals surface area contributed by atoms with Gasteiger partial charge < -0.3 is 10.4 Å². The molecule has 29 heavy (non-hydrogen) atoms. The number of carboxylic acids is 1. The molecule has 0 aliphatic heterocycles. The Morgan fingerprint density at radius 2 is 1.59 bits per heavy atom. The predicted octanol–water partition coefficient (Wildman–Crippen LogP) is 4.91. The van der Waals surface area contributed by atoms with Crippen molar-refractivity contribution in [3.05, 3.63) is 34.4 Å². The average molecular weight is 424 g/mol. The highest BCUT2D eigenvalue weighted by molar-refractivity contribution is 7.97. The maximum Gasteiger partial charge on any atom is 0.304 e. The van der Waals surface area contributed by atoms with Crippen LogP contribution in [-0.2, 0) is 4.79 Å². The molecule has 0 unspecified atom stereocenters. The van der Waals surface area contributed by atoms with Crippen molar-refractivity contribution in [2.75, 3.05) is 6.54 Å². The summed E-state index contributed by atoms with van der Waals surface area (Å²) in [4.78, 5) is 20.9. The lowest BCUT2D eigenvalue weighted by Crippen LogP contribution is -2.40. The summed E-state index contributed by atoms with van der Waals surface area (Å²) in [5.41, 5.74) is 0.00956. The van der Waals surface area contributed by atoms with Gasteiger partial charge in [-0.2, -0.15) is 0 Å². The normalized spacial score (nSPS) is 17.9. The number of para-hydroxylation sites is 1. The van der Waals surface area contributed by atoms with Gasteiger partial charge in [0.15, 0.2) is 0 Å². The number of rotatable bonds is 8. The molecule has 1 aromatic rings. The van der Waals surface area contributed by atoms with Crippen molar-refractivity contribution >= 4 is 23.6 Å². The molecule has 0 aromatic heterocycles. The molecule has 2 saturated carbocycles. The summed E-state index contributed by atoms with van der Waals surface area (Å²) in [5, 5.41) is 22.9. The molecular formula is C21H33N3O4S. The molecule has 7 nitrogen and oxygen atoms in total. The number of carbonyl (C=O) groups is 1. The fourth-order valence-corrected chi connectivity index (χ4v) is 4.61. The molecule has 1 aromatic carbocycles. The van der Waals surface area contributed by atoms with Crippen LogP contribution < -0.4 is 10.0 Å². The highest BCUT2D eigenvalue weighted by Gasteiger charge is 2.19. The third-order valence-electron chi connectivity index (χ3n) is 5.37. The average Bonchev–Trinajstić information content (AvgIpc) is 2.73. The van der Waals surface area contributed by atoms with Crippen LogP contribution in [0.1, 0.15) is 70.6 Å². The standard InChI is InChI=1S/C12H23N.C9H10N2O4S/c1-3-7-11(8-4-1)13-12-9-5-2-6-10-12;12-9(13)5-6-10-16-8-4-2-1-3-7(8)11(14)15/h11-13H,1-10H2;1-4,10H,5-6H2,(H,12,13). The molecule has 8 heteroatoms. The zero-order valence-electron chi connectivity index (χ0n) is 17.0. The fourth-order valence-electron chi connectivity index (χ4n) is 3.85. The Hall–Kier alpha value is -1.64. The number of benzene rings is 1. The first-order valence-electron chi connectivity index (χ1n) is 10.7. The lowest BCUT2D eigenvalue weighted by atomic mass is 9.91. The van der Waals surface area contributed by atoms with E-state index >= 15 is 0 Å². The number of nitrogens with zero attached hydrogens (tertiary/aromatic N) is 1. The van der Waals surface area contributed by atoms with Gasteiger partial charge in [-0.15, -0.1) is 0 Å². The Bertz CT molecular complexity index is 616. The van der Waals surface area contributed by atoms with Gasteiger partial charge >= 0.3 is 5.97 Å². The van der Waals surface area contributed by atoms with Crippen LogP contribution in [0.15, 0.2) is 29.2 Å². The molecule has 2 aliphatic rings. The van der Waals surface area contributed by atoms with Crippen LogP contribution in [0.4, 0.5) is 5.69 Å². The van der Waals surface area contributed by atoms with Crippen LogP contribution >= 0.6 is 11.9 Å². The van der Waals surface area contributed by atoms with Crippen LogP contribution in [0.2, 0.25) is 0 Å². The van der Waals surface area contributed by atoms with Gasteiger partial charge in [0.25, 0.3) is 5.69 Å². The van der Waals surface area contributed by atoms with E-state index in [4.69, 9.17) is 5.11 Å². The quantitative estimate of drug-likeness (QED) is 0.236. The molecule has 0 spiro atoms. The molecule has 0 radical (unpaired) electrons. The molecule has 0 bridgehead atoms. The third-order valence-corrected chi connectivity index (χ3v) is 6.28. The van der Waals surface area contributed by atoms with E-state index in [1.165, 1.54) is 70.3 Å². The monoisotopic (exact) mass is 423 g/mol. The molecule has 0 heterocycles. The number of hydrogen-bond acceptors (Lipinski definition) is 6. The van der Waals surface area contributed by atoms with Crippen LogP contribution in [-0.4, -0.2) is 34.6 Å². The summed E-state index contributed by atoms with van der Waals surface area (Å²) in [6.45, 7) is 0.256. The minimum atomic E-state index is -0.907. The van der Waals surface area contributed by atoms with E-state index in [0.717, 1.165) is 24.0 Å². The van der Waals surface area contributed by atoms with Gasteiger partial charge in [-0.1, -0.05) is 50.7 Å². The topological polar surface area (TPSA) is 104 Å². The van der Waals surface area contributed by atoms with Crippen molar-refractivity contribution in [2.24, 2.45) is 0 Å². The van der Waals surface area contributed by atoms with Crippen LogP contribution in [0.3, 0.4) is 0 Å². The summed E-state index contributed by atoms with van der Waals surface area (Å²) >= 11 is 1.06. The van der Waals surface area contributed by atoms with E-state index in [1.54, 1.807) is 18.2 Å². The van der Waals surface area contributed by atoms with Crippen molar-refractivity contribution in [1.29, 1.82) is 0 Å². The van der Waals surface area contributed by atoms with Crippen molar-refractivity contribution in [2.45, 2.75) is 87.6 Å². The van der Waals surface area contributed by atoms with E-state index in [1.807, 2.05) is 0 Å². The Morgan fingerprint density at radius 1 is 1.03 bits per heavy atom. The molecule has 2 fully saturated rings. The van der Waals surface area contributed by atoms with Gasteiger partial charge in [0.05, 0.1) is 11.3 Å². The summed E-state index contributed by atoms with van der Waals surface area (Å²) < 4.78 is 2.76. The van der Waals surface area contributed by atoms with E-state index in [2.05, 4.69) is 10.0 Å². The van der Waals surface area contributed by atoms with Gasteiger partial charge in [0.1, 0.15) is 4.90 Å². The second kappa shape index (κ2) is 13.6. The van der Waals surface area contributed by atoms with Gasteiger partial charge in [0.2, 0.25) is 0 Å². The molecule has 0 atom stereocenters. The van der Waals surface area contributed by atoms with Crippen molar-refractivity contribution < 1.29 is 14.8 Å². The number of nitrogens with one attached hydrogen (secondary N) is 2. The molecular weight excluding hydrogens is 390 g/mol. The first-order chi connectivity index (χ1) is 14.1. The number of nitro benzene ring substituents is 1. The SMILES string of the molecule is C1CCC(NC2CCCCC2)CC1.O=C(O)CCNSc1ccccc1[N+](=O)[O-]. The Morgan fingerprint density at radius 3 is 2.10 bits per heavy atom. The van der Waals surface area contributed by atoms with E-state index in [9.17, 15) is 14.9 Å². The van der Waals surface area contributed by atoms with E-state index in [0.29, 0.717) is 4.90 Å². The minimum Gasteiger partial charge on any atom is -0.481 e. The predicted molar refractivity (Wildman–Crippen MR) is 116 cm³/mol. The lowest BCUT2D eigenvalue weighted by Gasteiger charge is -2.30. The molecule has 0 saturated heterocycles. The van der Waals surface area contributed by atoms with Gasteiger partial charge in [-0.3, -0.25) is 19.6 Å². The Balaban J connectivity index is 0.000000211. The molecule has 0 amide bonds. The van der Waals surface area contributed by atoms with Gasteiger partial charge in [-0.05, 0) is 43.7 Å². The van der Waals surface area contributed by atoms with Gasteiger partial charge in [-0.25, -0.2) is 0 Å². The number of nitro groups is 1. The summed E-state index contributed by atoms with van der Waals surface area (Å²) in [7, 11) is 0. The highest BCUT2D eigenvalue weighted by atomic mass is 32.2. The highest BCUT2D eigenvalue weighted by Crippen LogP contribution is 2.26. The smallest absolute Gasteiger partial charge is 0.304 e. The number of hydrogen-bond donors (Lipinski definition) is 3. The second-order valence-corrected chi connectivity index (χ2v) is 8.63. The van der Waals surface area contributed by atoms with Crippen LogP contribution in [0, 0.1) is 10.1 Å². The zero-order valence-corrected chi connectivity index (χ0v) is 17.8. The first kappa shape index (κ1) is 23.6. The van der Waals surface area contributed by atoms with Crippen molar-refractivity contribution in [3.8, 4) is 0 Å². The summed E-state index contributed by atoms with van der Waals surface area (Å²) in [6.07, 6.45) is 14.5. The number of aliphatic carboxylic acids is 1. The lowest BCUT2D eigenvalue weighted by molar-refractivity contribution is -0.387. The van der Waals surface area contributed by atoms with Crippen LogP contribution in [0.5, 0.6) is 0 Å². The third kappa shape index (κ3) is 9.60. The van der Waals surface area contributed by atoms with Gasteiger partial charge in [0, 0.05) is 24.7 Å². The van der Waals surface area contributed by atoms with Crippen LogP contribution in [0.25, 0.3) is 0 Å². The summed E-state index contributed by atoms with van der Waals surface area (Å²) in [6, 6.07) is 8.03. The minimum absolute atomic E-state index is 0.00956. The first-order valence-corrected chi connectivity index (χ1v) is 11.5. The van der Waals surface area contributed by atoms with Crippen molar-refractivity contribution in [3.63, 3.8) is 0 Å². The molecule has 3 N–H and O–H groups in total. The molecule has 3 rings (SSSR count). The van der Waals surface area contributed by atoms with E-state index in [-0.39, 0.29) is 18.7 Å². The fraction of sp³-hybridized carbons (Fsp3) is 0.667. The second-order valence-electron chi connectivity index (χ2n) is 7.70. The maximum atomic E-state index is 10.6. The Labute approximate surface area is 177 Å². The van der Waals surface area contributed by atoms with Crippen molar-refractivity contribution in [1.82, 2.24) is 10.0 Å². The maximum absolute atomic E-state index is 10.6. The summed E-state index contributed by atoms with van der Waals surface area (Å²) in [5.74, 6) is -0.907. The zero-order chi connectivity index (χ0) is 20.9. The number of carboxylic acid groups (broad SMARTS) is 1. The van der Waals surface area contributed by atoms with E-state index < -0.39 is 10.9 Å². The largest absolute Gasteiger partial charge is 0.481 e. The molecule has 2 aliphatic carbocycles. The molecule has 162 valence electrons. The Kier molecular flexibility index (Phi) is 11.1.